The molecule has 0 saturated carbocycles. The van der Waals surface area contributed by atoms with Crippen molar-refractivity contribution in [2.75, 3.05) is 47.1 Å². The molecule has 0 aliphatic heterocycles. The van der Waals surface area contributed by atoms with Gasteiger partial charge in [-0.2, -0.15) is 0 Å². The van der Waals surface area contributed by atoms with Gasteiger partial charge < -0.3 is 14.6 Å². The van der Waals surface area contributed by atoms with E-state index in [1.54, 1.807) is 14.2 Å². The first-order valence-electron chi connectivity index (χ1n) is 6.54. The molecule has 1 N–H and O–H groups in total. The molecule has 0 aromatic rings. The highest BCUT2D eigenvalue weighted by Crippen LogP contribution is 2.09. The lowest BCUT2D eigenvalue weighted by Gasteiger charge is -2.27. The average molecular weight is 247 g/mol. The van der Waals surface area contributed by atoms with Crippen LogP contribution < -0.4 is 0 Å². The van der Waals surface area contributed by atoms with Crippen LogP contribution in [0.25, 0.3) is 0 Å². The van der Waals surface area contributed by atoms with Crippen molar-refractivity contribution in [2.24, 2.45) is 5.92 Å². The number of hydrogen-bond donors (Lipinski definition) is 1. The van der Waals surface area contributed by atoms with Crippen LogP contribution in [0.3, 0.4) is 0 Å². The molecule has 0 fully saturated rings. The maximum atomic E-state index is 10.0. The Balaban J connectivity index is 3.98. The molecule has 0 rings (SSSR count). The lowest BCUT2D eigenvalue weighted by Crippen LogP contribution is -2.38. The number of aliphatic hydroxyl groups is 1. The van der Waals surface area contributed by atoms with Gasteiger partial charge in [0.05, 0.1) is 12.7 Å². The van der Waals surface area contributed by atoms with Crippen LogP contribution in [0.5, 0.6) is 0 Å². The van der Waals surface area contributed by atoms with Crippen LogP contribution in [-0.2, 0) is 9.47 Å². The van der Waals surface area contributed by atoms with Gasteiger partial charge >= 0.3 is 0 Å². The molecule has 2 atom stereocenters. The summed E-state index contributed by atoms with van der Waals surface area (Å²) in [6.07, 6.45) is 1.75. The van der Waals surface area contributed by atoms with Crippen molar-refractivity contribution < 1.29 is 14.6 Å². The third-order valence-electron chi connectivity index (χ3n) is 3.18. The van der Waals surface area contributed by atoms with E-state index in [2.05, 4.69) is 18.7 Å². The zero-order valence-corrected chi connectivity index (χ0v) is 11.8. The number of ether oxygens (including phenoxy) is 2. The summed E-state index contributed by atoms with van der Waals surface area (Å²) in [4.78, 5) is 2.25. The van der Waals surface area contributed by atoms with Crippen molar-refractivity contribution in [3.8, 4) is 0 Å². The smallest absolute Gasteiger partial charge is 0.0692 e. The van der Waals surface area contributed by atoms with Gasteiger partial charge in [-0.3, -0.25) is 4.90 Å². The van der Waals surface area contributed by atoms with Gasteiger partial charge in [0.25, 0.3) is 0 Å². The highest BCUT2D eigenvalue weighted by atomic mass is 16.5. The molecule has 0 heterocycles. The van der Waals surface area contributed by atoms with E-state index >= 15 is 0 Å². The Bertz CT molecular complexity index is 167. The maximum Gasteiger partial charge on any atom is 0.0692 e. The fourth-order valence-electron chi connectivity index (χ4n) is 1.66. The molecule has 0 spiro atoms. The Morgan fingerprint density at radius 1 is 1.12 bits per heavy atom. The molecular formula is C13H29NO3. The van der Waals surface area contributed by atoms with Crippen LogP contribution in [0.2, 0.25) is 0 Å². The highest BCUT2D eigenvalue weighted by Gasteiger charge is 2.16. The maximum absolute atomic E-state index is 10.0. The van der Waals surface area contributed by atoms with Crippen molar-refractivity contribution >= 4 is 0 Å². The SMILES string of the molecule is CCC(C)C(O)CN(CCCOC)CCOC. The Morgan fingerprint density at radius 2 is 1.76 bits per heavy atom. The summed E-state index contributed by atoms with van der Waals surface area (Å²) >= 11 is 0. The first kappa shape index (κ1) is 16.8. The van der Waals surface area contributed by atoms with E-state index in [1.807, 2.05) is 0 Å². The zero-order chi connectivity index (χ0) is 13.1. The first-order valence-corrected chi connectivity index (χ1v) is 6.54. The predicted molar refractivity (Wildman–Crippen MR) is 70.3 cm³/mol. The van der Waals surface area contributed by atoms with Crippen LogP contribution in [0, 0.1) is 5.92 Å². The number of aliphatic hydroxyl groups excluding tert-OH is 1. The van der Waals surface area contributed by atoms with Gasteiger partial charge in [0.2, 0.25) is 0 Å². The van der Waals surface area contributed by atoms with Gasteiger partial charge in [0, 0.05) is 40.5 Å². The third kappa shape index (κ3) is 8.55. The van der Waals surface area contributed by atoms with Gasteiger partial charge in [-0.1, -0.05) is 20.3 Å². The second-order valence-electron chi connectivity index (χ2n) is 4.59. The summed E-state index contributed by atoms with van der Waals surface area (Å²) in [6.45, 7) is 8.22. The molecule has 0 saturated heterocycles. The van der Waals surface area contributed by atoms with Crippen LogP contribution >= 0.6 is 0 Å². The van der Waals surface area contributed by atoms with E-state index in [1.165, 1.54) is 0 Å². The van der Waals surface area contributed by atoms with Crippen LogP contribution in [-0.4, -0.2) is 63.2 Å². The first-order chi connectivity index (χ1) is 8.15. The summed E-state index contributed by atoms with van der Waals surface area (Å²) in [5.74, 6) is 0.350. The standard InChI is InChI=1S/C13H29NO3/c1-5-12(2)13(15)11-14(8-10-17-4)7-6-9-16-3/h12-13,15H,5-11H2,1-4H3. The molecule has 0 aliphatic rings. The van der Waals surface area contributed by atoms with E-state index in [0.29, 0.717) is 12.5 Å². The molecule has 2 unspecified atom stereocenters. The van der Waals surface area contributed by atoms with E-state index in [0.717, 1.165) is 39.1 Å². The molecule has 104 valence electrons. The molecule has 0 bridgehead atoms. The van der Waals surface area contributed by atoms with Crippen molar-refractivity contribution in [1.82, 2.24) is 4.90 Å². The number of methoxy groups -OCH3 is 2. The Labute approximate surface area is 106 Å². The fraction of sp³-hybridized carbons (Fsp3) is 1.00. The van der Waals surface area contributed by atoms with Crippen LogP contribution in [0.15, 0.2) is 0 Å². The summed E-state index contributed by atoms with van der Waals surface area (Å²) in [5.41, 5.74) is 0. The fourth-order valence-corrected chi connectivity index (χ4v) is 1.66. The minimum Gasteiger partial charge on any atom is -0.392 e. The van der Waals surface area contributed by atoms with Crippen molar-refractivity contribution in [3.05, 3.63) is 0 Å². The van der Waals surface area contributed by atoms with Crippen molar-refractivity contribution in [2.45, 2.75) is 32.8 Å². The Morgan fingerprint density at radius 3 is 2.29 bits per heavy atom. The molecule has 0 aromatic heterocycles. The molecule has 4 nitrogen and oxygen atoms in total. The van der Waals surface area contributed by atoms with Crippen LogP contribution in [0.4, 0.5) is 0 Å². The predicted octanol–water partition coefficient (Wildman–Crippen LogP) is 1.38. The second kappa shape index (κ2) is 11.0. The highest BCUT2D eigenvalue weighted by molar-refractivity contribution is 4.69. The molecule has 0 radical (unpaired) electrons. The van der Waals surface area contributed by atoms with E-state index in [4.69, 9.17) is 9.47 Å². The van der Waals surface area contributed by atoms with Gasteiger partial charge in [0.15, 0.2) is 0 Å². The van der Waals surface area contributed by atoms with Crippen LogP contribution in [0.1, 0.15) is 26.7 Å². The normalized spacial score (nSPS) is 15.2. The van der Waals surface area contributed by atoms with Gasteiger partial charge in [-0.05, 0) is 12.3 Å². The molecular weight excluding hydrogens is 218 g/mol. The number of hydrogen-bond acceptors (Lipinski definition) is 4. The Kier molecular flexibility index (Phi) is 10.9. The minimum absolute atomic E-state index is 0.251. The lowest BCUT2D eigenvalue weighted by molar-refractivity contribution is 0.0523. The number of rotatable bonds is 11. The third-order valence-corrected chi connectivity index (χ3v) is 3.18. The minimum atomic E-state index is -0.251. The Hall–Kier alpha value is -0.160. The van der Waals surface area contributed by atoms with E-state index < -0.39 is 0 Å². The number of nitrogens with zero attached hydrogens (tertiary/aromatic N) is 1. The molecule has 4 heteroatoms. The molecule has 0 aromatic carbocycles. The monoisotopic (exact) mass is 247 g/mol. The molecule has 0 aliphatic carbocycles. The van der Waals surface area contributed by atoms with Gasteiger partial charge in [-0.15, -0.1) is 0 Å². The molecule has 0 amide bonds. The zero-order valence-electron chi connectivity index (χ0n) is 11.8. The average Bonchev–Trinajstić information content (AvgIpc) is 2.34. The summed E-state index contributed by atoms with van der Waals surface area (Å²) < 4.78 is 10.1. The largest absolute Gasteiger partial charge is 0.392 e. The summed E-state index contributed by atoms with van der Waals surface area (Å²) in [5, 5.41) is 10.0. The van der Waals surface area contributed by atoms with E-state index in [9.17, 15) is 5.11 Å². The van der Waals surface area contributed by atoms with Crippen molar-refractivity contribution in [3.63, 3.8) is 0 Å². The van der Waals surface area contributed by atoms with E-state index in [-0.39, 0.29) is 6.10 Å². The van der Waals surface area contributed by atoms with Gasteiger partial charge in [-0.25, -0.2) is 0 Å². The quantitative estimate of drug-likeness (QED) is 0.560. The lowest BCUT2D eigenvalue weighted by atomic mass is 10.0. The second-order valence-corrected chi connectivity index (χ2v) is 4.59. The summed E-state index contributed by atoms with van der Waals surface area (Å²) in [7, 11) is 3.42. The van der Waals surface area contributed by atoms with Gasteiger partial charge in [0.1, 0.15) is 0 Å². The molecule has 17 heavy (non-hydrogen) atoms. The topological polar surface area (TPSA) is 41.9 Å². The van der Waals surface area contributed by atoms with Crippen molar-refractivity contribution in [1.29, 1.82) is 0 Å². The summed E-state index contributed by atoms with van der Waals surface area (Å²) in [6, 6.07) is 0.